The summed E-state index contributed by atoms with van der Waals surface area (Å²) in [5, 5.41) is 0. The van der Waals surface area contributed by atoms with Crippen LogP contribution in [0.2, 0.25) is 0 Å². The lowest BCUT2D eigenvalue weighted by molar-refractivity contribution is -0.226. The molecule has 1 aromatic rings. The Morgan fingerprint density at radius 1 is 1.14 bits per heavy atom. The van der Waals surface area contributed by atoms with Crippen LogP contribution < -0.4 is 0 Å². The summed E-state index contributed by atoms with van der Waals surface area (Å²) in [5.74, 6) is -0.714. The summed E-state index contributed by atoms with van der Waals surface area (Å²) in [5.41, 5.74) is 2.02. The Bertz CT molecular complexity index is 611. The molecule has 0 aliphatic heterocycles. The van der Waals surface area contributed by atoms with Crippen molar-refractivity contribution >= 4 is 5.78 Å². The maximum Gasteiger partial charge on any atom is 0.194 e. The largest absolute Gasteiger partial charge is 0.349 e. The second-order valence-electron chi connectivity index (χ2n) is 6.04. The van der Waals surface area contributed by atoms with E-state index in [-0.39, 0.29) is 23.5 Å². The molecule has 0 spiro atoms. The first-order chi connectivity index (χ1) is 10.6. The van der Waals surface area contributed by atoms with Crippen LogP contribution in [0.25, 0.3) is 0 Å². The van der Waals surface area contributed by atoms with Crippen molar-refractivity contribution in [1.29, 1.82) is 0 Å². The van der Waals surface area contributed by atoms with E-state index >= 15 is 0 Å². The van der Waals surface area contributed by atoms with E-state index in [9.17, 15) is 4.79 Å². The van der Waals surface area contributed by atoms with E-state index in [4.69, 9.17) is 9.47 Å². The van der Waals surface area contributed by atoms with Crippen LogP contribution in [0, 0.1) is 11.8 Å². The number of methoxy groups -OCH3 is 2. The number of allylic oxidation sites excluding steroid dienone is 3. The molecule has 0 amide bonds. The van der Waals surface area contributed by atoms with Gasteiger partial charge in [0.25, 0.3) is 0 Å². The molecule has 116 valence electrons. The Labute approximate surface area is 131 Å². The van der Waals surface area contributed by atoms with Crippen LogP contribution >= 0.6 is 0 Å². The quantitative estimate of drug-likeness (QED) is 0.633. The molecule has 3 rings (SSSR count). The van der Waals surface area contributed by atoms with Gasteiger partial charge in [-0.05, 0) is 30.6 Å². The van der Waals surface area contributed by atoms with Crippen LogP contribution in [0.3, 0.4) is 0 Å². The molecule has 0 saturated heterocycles. The molecule has 3 heteroatoms. The van der Waals surface area contributed by atoms with Crippen molar-refractivity contribution < 1.29 is 14.3 Å². The van der Waals surface area contributed by atoms with Gasteiger partial charge in [-0.1, -0.05) is 42.5 Å². The van der Waals surface area contributed by atoms with Gasteiger partial charge in [-0.15, -0.1) is 0 Å². The summed E-state index contributed by atoms with van der Waals surface area (Å²) in [4.78, 5) is 12.7. The molecule has 3 nitrogen and oxygen atoms in total. The van der Waals surface area contributed by atoms with Gasteiger partial charge < -0.3 is 9.47 Å². The summed E-state index contributed by atoms with van der Waals surface area (Å²) in [7, 11) is 3.31. The minimum atomic E-state index is -0.809. The number of carbonyl (C=O) groups is 1. The SMILES string of the molecule is COC1(OC)C(C)=CC(=O)[C@@H]2[C@H](c3ccccc3)C=CC[C@@H]21. The predicted octanol–water partition coefficient (Wildman–Crippen LogP) is 3.48. The van der Waals surface area contributed by atoms with E-state index in [1.54, 1.807) is 20.3 Å². The highest BCUT2D eigenvalue weighted by atomic mass is 16.7. The van der Waals surface area contributed by atoms with Gasteiger partial charge in [0.1, 0.15) is 0 Å². The Morgan fingerprint density at radius 3 is 2.45 bits per heavy atom. The summed E-state index contributed by atoms with van der Waals surface area (Å²) in [6.07, 6.45) is 6.78. The maximum atomic E-state index is 12.7. The Kier molecular flexibility index (Phi) is 4.02. The van der Waals surface area contributed by atoms with Gasteiger partial charge in [-0.25, -0.2) is 0 Å². The zero-order valence-electron chi connectivity index (χ0n) is 13.3. The van der Waals surface area contributed by atoms with Crippen molar-refractivity contribution in [3.05, 3.63) is 59.7 Å². The summed E-state index contributed by atoms with van der Waals surface area (Å²) >= 11 is 0. The summed E-state index contributed by atoms with van der Waals surface area (Å²) in [6.45, 7) is 1.91. The Hall–Kier alpha value is -1.71. The van der Waals surface area contributed by atoms with Gasteiger partial charge in [0.15, 0.2) is 11.6 Å². The lowest BCUT2D eigenvalue weighted by atomic mass is 9.63. The van der Waals surface area contributed by atoms with Crippen molar-refractivity contribution in [3.63, 3.8) is 0 Å². The topological polar surface area (TPSA) is 35.5 Å². The number of ether oxygens (including phenoxy) is 2. The van der Waals surface area contributed by atoms with E-state index in [2.05, 4.69) is 24.3 Å². The first-order valence-electron chi connectivity index (χ1n) is 7.68. The number of hydrogen-bond donors (Lipinski definition) is 0. The normalized spacial score (nSPS) is 29.9. The lowest BCUT2D eigenvalue weighted by Crippen LogP contribution is -2.53. The fourth-order valence-corrected chi connectivity index (χ4v) is 4.06. The van der Waals surface area contributed by atoms with Crippen molar-refractivity contribution in [2.45, 2.75) is 25.0 Å². The highest BCUT2D eigenvalue weighted by molar-refractivity contribution is 5.95. The number of ketones is 1. The Balaban J connectivity index is 2.08. The molecule has 0 heterocycles. The van der Waals surface area contributed by atoms with Gasteiger partial charge >= 0.3 is 0 Å². The highest BCUT2D eigenvalue weighted by Gasteiger charge is 2.53. The molecule has 1 aromatic carbocycles. The molecule has 0 bridgehead atoms. The van der Waals surface area contributed by atoms with Crippen LogP contribution in [0.4, 0.5) is 0 Å². The number of rotatable bonds is 3. The van der Waals surface area contributed by atoms with Gasteiger partial charge in [0.2, 0.25) is 0 Å². The fourth-order valence-electron chi connectivity index (χ4n) is 4.06. The van der Waals surface area contributed by atoms with E-state index < -0.39 is 5.79 Å². The van der Waals surface area contributed by atoms with Crippen molar-refractivity contribution in [2.24, 2.45) is 11.8 Å². The summed E-state index contributed by atoms with van der Waals surface area (Å²) in [6, 6.07) is 10.2. The van der Waals surface area contributed by atoms with Gasteiger partial charge in [0, 0.05) is 32.0 Å². The van der Waals surface area contributed by atoms with E-state index in [1.165, 1.54) is 0 Å². The molecule has 0 aromatic heterocycles. The fraction of sp³-hybridized carbons (Fsp3) is 0.421. The predicted molar refractivity (Wildman–Crippen MR) is 85.4 cm³/mol. The summed E-state index contributed by atoms with van der Waals surface area (Å²) < 4.78 is 11.5. The standard InChI is InChI=1S/C19H22O3/c1-13-12-17(20)18-15(14-8-5-4-6-9-14)10-7-11-16(18)19(13,21-2)22-3/h4-10,12,15-16,18H,11H2,1-3H3/t15-,16-,18+/m0/s1. The average molecular weight is 298 g/mol. The van der Waals surface area contributed by atoms with Crippen LogP contribution in [0.15, 0.2) is 54.1 Å². The first-order valence-corrected chi connectivity index (χ1v) is 7.68. The van der Waals surface area contributed by atoms with E-state index in [0.717, 1.165) is 17.6 Å². The molecule has 0 N–H and O–H groups in total. The number of hydrogen-bond acceptors (Lipinski definition) is 3. The molecular weight excluding hydrogens is 276 g/mol. The Morgan fingerprint density at radius 2 is 1.82 bits per heavy atom. The molecule has 22 heavy (non-hydrogen) atoms. The number of benzene rings is 1. The van der Waals surface area contributed by atoms with Gasteiger partial charge in [-0.3, -0.25) is 4.79 Å². The van der Waals surface area contributed by atoms with E-state index in [1.807, 2.05) is 25.1 Å². The van der Waals surface area contributed by atoms with Crippen molar-refractivity contribution in [2.75, 3.05) is 14.2 Å². The zero-order valence-corrected chi connectivity index (χ0v) is 13.3. The number of fused-ring (bicyclic) bond motifs is 1. The molecule has 2 aliphatic rings. The van der Waals surface area contributed by atoms with Gasteiger partial charge in [-0.2, -0.15) is 0 Å². The minimum absolute atomic E-state index is 0.00444. The first kappa shape index (κ1) is 15.2. The third-order valence-corrected chi connectivity index (χ3v) is 5.07. The third-order valence-electron chi connectivity index (χ3n) is 5.07. The molecule has 0 radical (unpaired) electrons. The highest BCUT2D eigenvalue weighted by Crippen LogP contribution is 2.49. The van der Waals surface area contributed by atoms with Crippen LogP contribution in [-0.4, -0.2) is 25.8 Å². The maximum absolute atomic E-state index is 12.7. The second-order valence-corrected chi connectivity index (χ2v) is 6.04. The van der Waals surface area contributed by atoms with Crippen LogP contribution in [0.1, 0.15) is 24.8 Å². The number of carbonyl (C=O) groups excluding carboxylic acids is 1. The monoisotopic (exact) mass is 298 g/mol. The smallest absolute Gasteiger partial charge is 0.194 e. The lowest BCUT2D eigenvalue weighted by Gasteiger charge is -2.48. The molecular formula is C19H22O3. The van der Waals surface area contributed by atoms with Crippen LogP contribution in [0.5, 0.6) is 0 Å². The van der Waals surface area contributed by atoms with E-state index in [0.29, 0.717) is 0 Å². The molecule has 0 fully saturated rings. The zero-order chi connectivity index (χ0) is 15.7. The van der Waals surface area contributed by atoms with Crippen molar-refractivity contribution in [1.82, 2.24) is 0 Å². The third kappa shape index (κ3) is 2.16. The van der Waals surface area contributed by atoms with Gasteiger partial charge in [0.05, 0.1) is 0 Å². The van der Waals surface area contributed by atoms with Crippen LogP contribution in [-0.2, 0) is 14.3 Å². The minimum Gasteiger partial charge on any atom is -0.349 e. The molecule has 3 atom stereocenters. The molecule has 2 aliphatic carbocycles. The second kappa shape index (κ2) is 5.82. The molecule has 0 saturated carbocycles. The van der Waals surface area contributed by atoms with Crippen molar-refractivity contribution in [3.8, 4) is 0 Å². The average Bonchev–Trinajstić information content (AvgIpc) is 2.56. The molecule has 0 unspecified atom stereocenters.